The Morgan fingerprint density at radius 2 is 2.00 bits per heavy atom. The quantitative estimate of drug-likeness (QED) is 0.770. The zero-order valence-electron chi connectivity index (χ0n) is 10.8. The molecule has 0 unspecified atom stereocenters. The van der Waals surface area contributed by atoms with Crippen molar-refractivity contribution in [3.8, 4) is 0 Å². The van der Waals surface area contributed by atoms with E-state index in [1.165, 1.54) is 24.5 Å². The third-order valence-electron chi connectivity index (χ3n) is 2.53. The van der Waals surface area contributed by atoms with Gasteiger partial charge in [0.15, 0.2) is 11.0 Å². The monoisotopic (exact) mass is 311 g/mol. The molecule has 104 valence electrons. The molecular weight excluding hydrogens is 300 g/mol. The minimum Gasteiger partial charge on any atom is -0.320 e. The average Bonchev–Trinajstić information content (AvgIpc) is 2.40. The maximum Gasteiger partial charge on any atom is 0.172 e. The van der Waals surface area contributed by atoms with Gasteiger partial charge in [-0.3, -0.25) is 0 Å². The second-order valence-corrected chi connectivity index (χ2v) is 5.08. The number of anilines is 2. The summed E-state index contributed by atoms with van der Waals surface area (Å²) >= 11 is 11.8. The van der Waals surface area contributed by atoms with Crippen molar-refractivity contribution >= 4 is 34.7 Å². The Hall–Kier alpha value is -1.65. The van der Waals surface area contributed by atoms with Crippen molar-refractivity contribution in [2.75, 3.05) is 11.4 Å². The third-order valence-corrected chi connectivity index (χ3v) is 3.11. The van der Waals surface area contributed by atoms with E-state index >= 15 is 0 Å². The van der Waals surface area contributed by atoms with Crippen molar-refractivity contribution < 1.29 is 4.39 Å². The van der Waals surface area contributed by atoms with Crippen LogP contribution in [-0.2, 0) is 0 Å². The molecule has 0 fully saturated rings. The number of nitrogens with zero attached hydrogens (tertiary/aromatic N) is 3. The molecule has 0 aliphatic rings. The maximum atomic E-state index is 13.6. The van der Waals surface area contributed by atoms with Gasteiger partial charge < -0.3 is 4.90 Å². The van der Waals surface area contributed by atoms with Gasteiger partial charge in [0.2, 0.25) is 0 Å². The smallest absolute Gasteiger partial charge is 0.172 e. The van der Waals surface area contributed by atoms with Crippen LogP contribution in [0.25, 0.3) is 0 Å². The van der Waals surface area contributed by atoms with Crippen molar-refractivity contribution in [1.29, 1.82) is 0 Å². The summed E-state index contributed by atoms with van der Waals surface area (Å²) in [5.41, 5.74) is 1.46. The summed E-state index contributed by atoms with van der Waals surface area (Å²) in [6.45, 7) is 6.17. The lowest BCUT2D eigenvalue weighted by Gasteiger charge is -2.24. The van der Waals surface area contributed by atoms with Gasteiger partial charge in [0.1, 0.15) is 5.82 Å². The van der Waals surface area contributed by atoms with Gasteiger partial charge in [-0.1, -0.05) is 35.4 Å². The zero-order valence-corrected chi connectivity index (χ0v) is 12.3. The largest absolute Gasteiger partial charge is 0.320 e. The van der Waals surface area contributed by atoms with Crippen LogP contribution < -0.4 is 4.90 Å². The number of benzene rings is 1. The van der Waals surface area contributed by atoms with E-state index in [1.807, 2.05) is 6.92 Å². The summed E-state index contributed by atoms with van der Waals surface area (Å²) in [6.07, 6.45) is 3.02. The first-order valence-electron chi connectivity index (χ1n) is 5.82. The summed E-state index contributed by atoms with van der Waals surface area (Å²) < 4.78 is 13.6. The molecule has 6 heteroatoms. The number of halogens is 3. The summed E-state index contributed by atoms with van der Waals surface area (Å²) in [7, 11) is 0. The lowest BCUT2D eigenvalue weighted by atomic mass is 10.2. The third kappa shape index (κ3) is 3.26. The van der Waals surface area contributed by atoms with Crippen LogP contribution in [0.2, 0.25) is 10.2 Å². The van der Waals surface area contributed by atoms with Gasteiger partial charge in [-0.25, -0.2) is 14.4 Å². The molecule has 1 heterocycles. The molecular formula is C14H12Cl2FN3. The van der Waals surface area contributed by atoms with Crippen LogP contribution in [0.5, 0.6) is 0 Å². The van der Waals surface area contributed by atoms with Crippen molar-refractivity contribution in [2.24, 2.45) is 0 Å². The van der Waals surface area contributed by atoms with Crippen LogP contribution >= 0.6 is 23.2 Å². The lowest BCUT2D eigenvalue weighted by molar-refractivity contribution is 0.628. The Morgan fingerprint density at radius 1 is 1.30 bits per heavy atom. The van der Waals surface area contributed by atoms with Gasteiger partial charge in [0.05, 0.1) is 5.02 Å². The number of aromatic nitrogens is 2. The molecule has 0 radical (unpaired) electrons. The fourth-order valence-corrected chi connectivity index (χ4v) is 2.03. The van der Waals surface area contributed by atoms with E-state index in [1.54, 1.807) is 11.0 Å². The molecule has 0 bridgehead atoms. The van der Waals surface area contributed by atoms with Gasteiger partial charge in [-0.05, 0) is 25.1 Å². The predicted octanol–water partition coefficient (Wildman–Crippen LogP) is 4.64. The topological polar surface area (TPSA) is 29.0 Å². The molecule has 2 aromatic rings. The summed E-state index contributed by atoms with van der Waals surface area (Å²) in [4.78, 5) is 9.91. The van der Waals surface area contributed by atoms with Crippen LogP contribution in [0.4, 0.5) is 15.9 Å². The van der Waals surface area contributed by atoms with E-state index in [0.717, 1.165) is 5.57 Å². The molecule has 1 aromatic heterocycles. The van der Waals surface area contributed by atoms with Crippen LogP contribution in [0, 0.1) is 5.82 Å². The van der Waals surface area contributed by atoms with E-state index in [9.17, 15) is 4.39 Å². The van der Waals surface area contributed by atoms with Crippen molar-refractivity contribution in [2.45, 2.75) is 6.92 Å². The summed E-state index contributed by atoms with van der Waals surface area (Å²) in [5.74, 6) is -0.0604. The first-order valence-corrected chi connectivity index (χ1v) is 6.58. The van der Waals surface area contributed by atoms with E-state index in [-0.39, 0.29) is 10.2 Å². The van der Waals surface area contributed by atoms with Gasteiger partial charge in [-0.15, -0.1) is 0 Å². The van der Waals surface area contributed by atoms with E-state index in [4.69, 9.17) is 23.2 Å². The molecule has 0 aliphatic carbocycles. The highest BCUT2D eigenvalue weighted by Crippen LogP contribution is 2.30. The SMILES string of the molecule is C=C(C)CN(c1ccc(Cl)c(F)c1)c1nccnc1Cl. The van der Waals surface area contributed by atoms with Gasteiger partial charge >= 0.3 is 0 Å². The predicted molar refractivity (Wildman–Crippen MR) is 80.3 cm³/mol. The second-order valence-electron chi connectivity index (χ2n) is 4.31. The van der Waals surface area contributed by atoms with Gasteiger partial charge in [0, 0.05) is 24.6 Å². The maximum absolute atomic E-state index is 13.6. The Balaban J connectivity index is 2.50. The first-order chi connectivity index (χ1) is 9.49. The highest BCUT2D eigenvalue weighted by molar-refractivity contribution is 6.32. The fourth-order valence-electron chi connectivity index (χ4n) is 1.71. The standard InChI is InChI=1S/C14H12Cl2FN3/c1-9(2)8-20(14-13(16)18-5-6-19-14)10-3-4-11(15)12(17)7-10/h3-7H,1,8H2,2H3. The molecule has 0 N–H and O–H groups in total. The molecule has 0 atom stereocenters. The zero-order chi connectivity index (χ0) is 14.7. The minimum absolute atomic E-state index is 0.0641. The van der Waals surface area contributed by atoms with Crippen molar-refractivity contribution in [3.05, 3.63) is 58.7 Å². The summed E-state index contributed by atoms with van der Waals surface area (Å²) in [6, 6.07) is 4.51. The van der Waals surface area contributed by atoms with Gasteiger partial charge in [0.25, 0.3) is 0 Å². The van der Waals surface area contributed by atoms with Crippen molar-refractivity contribution in [1.82, 2.24) is 9.97 Å². The van der Waals surface area contributed by atoms with Crippen LogP contribution in [0.1, 0.15) is 6.92 Å². The molecule has 0 saturated carbocycles. The molecule has 0 spiro atoms. The highest BCUT2D eigenvalue weighted by Gasteiger charge is 2.16. The van der Waals surface area contributed by atoms with Crippen LogP contribution in [0.3, 0.4) is 0 Å². The lowest BCUT2D eigenvalue weighted by Crippen LogP contribution is -2.21. The minimum atomic E-state index is -0.504. The molecule has 3 nitrogen and oxygen atoms in total. The molecule has 1 aromatic carbocycles. The average molecular weight is 312 g/mol. The highest BCUT2D eigenvalue weighted by atomic mass is 35.5. The second kappa shape index (κ2) is 6.20. The van der Waals surface area contributed by atoms with Crippen LogP contribution in [-0.4, -0.2) is 16.5 Å². The van der Waals surface area contributed by atoms with Crippen molar-refractivity contribution in [3.63, 3.8) is 0 Å². The Kier molecular flexibility index (Phi) is 4.57. The molecule has 0 aliphatic heterocycles. The van der Waals surface area contributed by atoms with Crippen LogP contribution in [0.15, 0.2) is 42.7 Å². The van der Waals surface area contributed by atoms with E-state index in [2.05, 4.69) is 16.5 Å². The van der Waals surface area contributed by atoms with Gasteiger partial charge in [-0.2, -0.15) is 0 Å². The molecule has 0 saturated heterocycles. The Labute approximate surface area is 126 Å². The van der Waals surface area contributed by atoms with E-state index in [0.29, 0.717) is 18.1 Å². The number of hydrogen-bond donors (Lipinski definition) is 0. The summed E-state index contributed by atoms with van der Waals surface area (Å²) in [5, 5.41) is 0.304. The van der Waals surface area contributed by atoms with E-state index < -0.39 is 5.82 Å². The Bertz CT molecular complexity index is 646. The molecule has 2 rings (SSSR count). The number of rotatable bonds is 4. The normalized spacial score (nSPS) is 10.4. The molecule has 20 heavy (non-hydrogen) atoms. The molecule has 0 amide bonds. The fraction of sp³-hybridized carbons (Fsp3) is 0.143. The first kappa shape index (κ1) is 14.8. The Morgan fingerprint density at radius 3 is 2.60 bits per heavy atom. The number of hydrogen-bond acceptors (Lipinski definition) is 3.